The summed E-state index contributed by atoms with van der Waals surface area (Å²) in [6, 6.07) is 7.47. The number of hydrogen-bond acceptors (Lipinski definition) is 10. The van der Waals surface area contributed by atoms with Crippen LogP contribution in [0.15, 0.2) is 30.5 Å². The number of nitrogens with one attached hydrogen (secondary N) is 4. The molecular weight excluding hydrogens is 589 g/mol. The number of rotatable bonds is 11. The molecule has 0 atom stereocenters. The number of thiazole rings is 1. The topological polar surface area (TPSA) is 150 Å². The number of nitrogens with zero attached hydrogens (tertiary/aromatic N) is 4. The first-order valence-corrected chi connectivity index (χ1v) is 15.5. The van der Waals surface area contributed by atoms with Crippen molar-refractivity contribution in [3.05, 3.63) is 41.0 Å². The van der Waals surface area contributed by atoms with Gasteiger partial charge in [-0.25, -0.2) is 4.98 Å². The summed E-state index contributed by atoms with van der Waals surface area (Å²) in [7, 11) is 22.4. The normalized spacial score (nSPS) is 18.2. The maximum atomic E-state index is 13.1. The van der Waals surface area contributed by atoms with E-state index >= 15 is 0 Å². The monoisotopic (exact) mass is 622 g/mol. The molecule has 5 rings (SSSR count). The average molecular weight is 622 g/mol. The van der Waals surface area contributed by atoms with Gasteiger partial charge in [0.15, 0.2) is 17.3 Å². The Labute approximate surface area is 270 Å². The molecule has 3 aromatic rings. The van der Waals surface area contributed by atoms with Gasteiger partial charge in [0.05, 0.1) is 53.8 Å². The minimum absolute atomic E-state index is 0.0707. The minimum Gasteiger partial charge on any atom is -0.494 e. The van der Waals surface area contributed by atoms with Crippen LogP contribution in [0.1, 0.15) is 58.7 Å². The predicted octanol–water partition coefficient (Wildman–Crippen LogP) is 2.15. The van der Waals surface area contributed by atoms with E-state index in [0.717, 1.165) is 38.5 Å². The van der Waals surface area contributed by atoms with Gasteiger partial charge < -0.3 is 30.9 Å². The van der Waals surface area contributed by atoms with Crippen LogP contribution in [0.4, 0.5) is 17.2 Å². The van der Waals surface area contributed by atoms with Crippen LogP contribution < -0.4 is 26.0 Å². The first-order valence-electron chi connectivity index (χ1n) is 14.7. The molecular formula is C29H33B3N8O4S. The van der Waals surface area contributed by atoms with Gasteiger partial charge >= 0.3 is 0 Å². The summed E-state index contributed by atoms with van der Waals surface area (Å²) in [4.78, 5) is 45.7. The van der Waals surface area contributed by atoms with Crippen molar-refractivity contribution in [1.29, 1.82) is 0 Å². The second-order valence-electron chi connectivity index (χ2n) is 11.6. The molecule has 0 saturated heterocycles. The minimum atomic E-state index is -2.01. The molecule has 4 N–H and O–H groups in total. The van der Waals surface area contributed by atoms with Crippen molar-refractivity contribution >= 4 is 69.8 Å². The number of benzene rings is 1. The average Bonchev–Trinajstić information content (AvgIpc) is 3.73. The van der Waals surface area contributed by atoms with E-state index in [2.05, 4.69) is 55.4 Å². The molecule has 2 fully saturated rings. The third-order valence-corrected chi connectivity index (χ3v) is 8.78. The third kappa shape index (κ3) is 8.23. The van der Waals surface area contributed by atoms with Crippen LogP contribution in [0.25, 0.3) is 10.6 Å². The lowest BCUT2D eigenvalue weighted by molar-refractivity contribution is -0.117. The Morgan fingerprint density at radius 3 is 2.38 bits per heavy atom. The van der Waals surface area contributed by atoms with Gasteiger partial charge in [0.1, 0.15) is 9.88 Å². The Morgan fingerprint density at radius 2 is 1.73 bits per heavy atom. The molecule has 0 unspecified atom stereocenters. The Hall–Kier alpha value is -3.91. The van der Waals surface area contributed by atoms with E-state index in [-0.39, 0.29) is 41.0 Å². The summed E-state index contributed by atoms with van der Waals surface area (Å²) in [5, 5.41) is 17.8. The van der Waals surface area contributed by atoms with Crippen molar-refractivity contribution in [3.63, 3.8) is 0 Å². The molecule has 2 aromatic heterocycles. The Morgan fingerprint density at radius 1 is 1.00 bits per heavy atom. The molecule has 2 heterocycles. The maximum absolute atomic E-state index is 13.1. The van der Waals surface area contributed by atoms with E-state index in [1.807, 2.05) is 6.07 Å². The molecule has 12 nitrogen and oxygen atoms in total. The van der Waals surface area contributed by atoms with Gasteiger partial charge in [-0.1, -0.05) is 11.3 Å². The van der Waals surface area contributed by atoms with Crippen LogP contribution in [-0.4, -0.2) is 99.9 Å². The summed E-state index contributed by atoms with van der Waals surface area (Å²) in [6.45, 7) is 0. The van der Waals surface area contributed by atoms with Crippen LogP contribution in [0.2, 0.25) is 0 Å². The second kappa shape index (κ2) is 13.6. The van der Waals surface area contributed by atoms with Gasteiger partial charge in [0.2, 0.25) is 5.91 Å². The zero-order valence-electron chi connectivity index (χ0n) is 25.4. The maximum Gasteiger partial charge on any atom is 0.272 e. The molecule has 0 aliphatic heterocycles. The van der Waals surface area contributed by atoms with Gasteiger partial charge in [0.25, 0.3) is 11.8 Å². The zero-order valence-corrected chi connectivity index (χ0v) is 26.2. The van der Waals surface area contributed by atoms with E-state index in [0.29, 0.717) is 32.9 Å². The van der Waals surface area contributed by atoms with Gasteiger partial charge in [-0.15, -0.1) is 21.5 Å². The lowest BCUT2D eigenvalue weighted by atomic mass is 9.49. The van der Waals surface area contributed by atoms with Crippen molar-refractivity contribution < 1.29 is 19.1 Å². The lowest BCUT2D eigenvalue weighted by Crippen LogP contribution is -2.50. The highest BCUT2D eigenvalue weighted by Gasteiger charge is 2.30. The first-order chi connectivity index (χ1) is 21.4. The Kier molecular flexibility index (Phi) is 9.83. The number of ether oxygens (including phenoxy) is 1. The number of aromatic nitrogens is 3. The fourth-order valence-corrected chi connectivity index (χ4v) is 6.05. The third-order valence-electron chi connectivity index (χ3n) is 7.75. The zero-order chi connectivity index (χ0) is 32.3. The van der Waals surface area contributed by atoms with Crippen LogP contribution in [-0.2, 0) is 4.79 Å². The Balaban J connectivity index is 1.38. The lowest BCUT2D eigenvalue weighted by Gasteiger charge is -2.32. The molecule has 228 valence electrons. The van der Waals surface area contributed by atoms with E-state index in [1.54, 1.807) is 18.3 Å². The predicted molar refractivity (Wildman–Crippen MR) is 175 cm³/mol. The molecule has 45 heavy (non-hydrogen) atoms. The van der Waals surface area contributed by atoms with E-state index in [4.69, 9.17) is 28.3 Å². The first kappa shape index (κ1) is 32.5. The number of carbonyl (C=O) groups is 3. The molecule has 2 aliphatic rings. The Bertz CT molecular complexity index is 1570. The van der Waals surface area contributed by atoms with E-state index < -0.39 is 11.1 Å². The second-order valence-corrected chi connectivity index (χ2v) is 12.7. The highest BCUT2D eigenvalue weighted by atomic mass is 32.1. The molecule has 0 spiro atoms. The van der Waals surface area contributed by atoms with Crippen molar-refractivity contribution in [2.75, 3.05) is 31.8 Å². The summed E-state index contributed by atoms with van der Waals surface area (Å²) < 4.78 is 5.77. The van der Waals surface area contributed by atoms with Crippen LogP contribution in [0.3, 0.4) is 0 Å². The number of anilines is 3. The molecule has 2 saturated carbocycles. The molecule has 16 heteroatoms. The summed E-state index contributed by atoms with van der Waals surface area (Å²) in [5.41, 5.74) is 1.08. The van der Waals surface area contributed by atoms with Crippen molar-refractivity contribution in [2.45, 2.75) is 55.8 Å². The van der Waals surface area contributed by atoms with Gasteiger partial charge in [0, 0.05) is 24.1 Å². The molecule has 1 aromatic carbocycles. The van der Waals surface area contributed by atoms with Gasteiger partial charge in [-0.2, -0.15) is 0 Å². The van der Waals surface area contributed by atoms with Crippen LogP contribution >= 0.6 is 11.3 Å². The number of methoxy groups -OCH3 is 1. The summed E-state index contributed by atoms with van der Waals surface area (Å²) >= 11 is 1.25. The highest BCUT2D eigenvalue weighted by Crippen LogP contribution is 2.40. The van der Waals surface area contributed by atoms with E-state index in [9.17, 15) is 14.4 Å². The molecule has 3 amide bonds. The van der Waals surface area contributed by atoms with Gasteiger partial charge in [-0.3, -0.25) is 14.4 Å². The summed E-state index contributed by atoms with van der Waals surface area (Å²) in [5.74, 6) is -0.654. The quantitative estimate of drug-likeness (QED) is 0.236. The van der Waals surface area contributed by atoms with Crippen molar-refractivity contribution in [3.8, 4) is 16.3 Å². The number of hydrogen-bond donors (Lipinski definition) is 4. The van der Waals surface area contributed by atoms with Crippen LogP contribution in [0, 0.1) is 5.92 Å². The smallest absolute Gasteiger partial charge is 0.272 e. The van der Waals surface area contributed by atoms with Crippen molar-refractivity contribution in [1.82, 2.24) is 30.7 Å². The SMILES string of the molecule is [B]C([B])([B])NC(=O)c1nnc(NC(=O)C2CC2)cc1Nc1cccc(-c2ncc(C(=O)NC3CCC(N(C)C)CC3)s2)c1OC. The largest absolute Gasteiger partial charge is 0.494 e. The summed E-state index contributed by atoms with van der Waals surface area (Å²) in [6.07, 6.45) is 7.11. The highest BCUT2D eigenvalue weighted by molar-refractivity contribution is 7.17. The fraction of sp³-hybridized carbons (Fsp3) is 0.448. The fourth-order valence-electron chi connectivity index (χ4n) is 5.21. The van der Waals surface area contributed by atoms with Crippen molar-refractivity contribution in [2.24, 2.45) is 5.92 Å². The number of para-hydroxylation sites is 1. The molecule has 2 aliphatic carbocycles. The molecule has 0 bridgehead atoms. The van der Waals surface area contributed by atoms with Crippen LogP contribution in [0.5, 0.6) is 5.75 Å². The standard InChI is InChI=1S/C29H33B3N8O4S/c1-40(2)17-11-9-16(10-12-17)34-26(42)21-14-33-28(45-21)18-5-4-6-19(24(18)44-3)35-20-13-22(36-25(41)15-7-8-15)38-39-23(20)27(43)37-29(30,31)32/h4-6,13-17H,7-12H2,1-3H3,(H,34,42)(H,37,43)(H2,35,36,38,41). The molecule has 6 radical (unpaired) electrons. The van der Waals surface area contributed by atoms with E-state index in [1.165, 1.54) is 24.5 Å². The number of amides is 3. The van der Waals surface area contributed by atoms with Gasteiger partial charge in [-0.05, 0) is 64.8 Å². The number of carbonyl (C=O) groups excluding carboxylic acids is 3.